The van der Waals surface area contributed by atoms with Crippen LogP contribution in [0.15, 0.2) is 277 Å². The quantitative estimate of drug-likeness (QED) is 0.159. The zero-order valence-electron chi connectivity index (χ0n) is 52.0. The normalized spacial score (nSPS) is 13.9. The van der Waals surface area contributed by atoms with E-state index in [2.05, 4.69) is 315 Å². The molecule has 5 aromatic heterocycles. The molecule has 21 rings (SSSR count). The van der Waals surface area contributed by atoms with Crippen LogP contribution >= 0.6 is 22.7 Å². The molecule has 0 fully saturated rings. The summed E-state index contributed by atoms with van der Waals surface area (Å²) in [5.74, 6) is 0. The van der Waals surface area contributed by atoms with Gasteiger partial charge in [0.05, 0.1) is 37.3 Å². The summed E-state index contributed by atoms with van der Waals surface area (Å²) in [5.41, 5.74) is 24.7. The van der Waals surface area contributed by atoms with Crippen LogP contribution in [0.3, 0.4) is 0 Å². The molecule has 0 atom stereocenters. The number of nitrogens with zero attached hydrogens (tertiary/aromatic N) is 3. The first-order valence-corrected chi connectivity index (χ1v) is 34.3. The minimum atomic E-state index is -0.179. The van der Waals surface area contributed by atoms with Gasteiger partial charge < -0.3 is 18.6 Å². The molecule has 0 bridgehead atoms. The van der Waals surface area contributed by atoms with Gasteiger partial charge in [0.25, 0.3) is 0 Å². The smallest absolute Gasteiger partial charge is 0.143 e. The van der Waals surface area contributed by atoms with Crippen LogP contribution in [0.1, 0.15) is 49.9 Å². The van der Waals surface area contributed by atoms with Gasteiger partial charge in [0.1, 0.15) is 11.2 Å². The van der Waals surface area contributed by atoms with Crippen LogP contribution in [0, 0.1) is 0 Å². The SMILES string of the molecule is CC1(C)c2ccccc2-c2ccc(N(c3ccc4c(c3)oc3c4ccc4c3ccc3c5cc(-c6ccccc6)cc6c7ccc(N(c8ccc9c(c8)C(C)(C)c8ccccc8-9)c8cccc9c8sc8ccccc89)cc7n(c43)c65)c3cccc4c3sc3ccccc34)cc21. The second-order valence-electron chi connectivity index (χ2n) is 27.1. The summed E-state index contributed by atoms with van der Waals surface area (Å²) in [6, 6.07) is 103. The Morgan fingerprint density at radius 3 is 1.35 bits per heavy atom. The maximum absolute atomic E-state index is 7.40. The molecule has 19 aromatic rings. The molecule has 0 amide bonds. The summed E-state index contributed by atoms with van der Waals surface area (Å²) >= 11 is 3.75. The van der Waals surface area contributed by atoms with Crippen molar-refractivity contribution in [3.63, 3.8) is 0 Å². The number of fused-ring (bicyclic) bond motifs is 24. The van der Waals surface area contributed by atoms with Crippen molar-refractivity contribution < 1.29 is 4.42 Å². The number of hydrogen-bond donors (Lipinski definition) is 0. The number of hydrogen-bond acceptors (Lipinski definition) is 5. The van der Waals surface area contributed by atoms with E-state index in [1.165, 1.54) is 134 Å². The Bertz CT molecular complexity index is 6510. The van der Waals surface area contributed by atoms with Crippen molar-refractivity contribution in [2.75, 3.05) is 9.80 Å². The number of rotatable bonds is 7. The molecule has 2 aliphatic rings. The van der Waals surface area contributed by atoms with Gasteiger partial charge in [-0.2, -0.15) is 0 Å². The highest BCUT2D eigenvalue weighted by atomic mass is 32.1. The van der Waals surface area contributed by atoms with Crippen LogP contribution in [0.5, 0.6) is 0 Å². The van der Waals surface area contributed by atoms with E-state index in [-0.39, 0.29) is 10.8 Å². The van der Waals surface area contributed by atoms with Gasteiger partial charge in [0, 0.05) is 114 Å². The Hall–Kier alpha value is -11.0. The molecule has 0 radical (unpaired) electrons. The Kier molecular flexibility index (Phi) is 10.5. The maximum Gasteiger partial charge on any atom is 0.143 e. The lowest BCUT2D eigenvalue weighted by molar-refractivity contribution is 0.660. The second-order valence-corrected chi connectivity index (χ2v) is 29.2. The summed E-state index contributed by atoms with van der Waals surface area (Å²) in [6.07, 6.45) is 0. The lowest BCUT2D eigenvalue weighted by atomic mass is 9.82. The fourth-order valence-corrected chi connectivity index (χ4v) is 19.5. The highest BCUT2D eigenvalue weighted by Crippen LogP contribution is 2.56. The molecule has 0 spiro atoms. The maximum atomic E-state index is 7.40. The van der Waals surface area contributed by atoms with Gasteiger partial charge in [-0.25, -0.2) is 0 Å². The predicted molar refractivity (Wildman–Crippen MR) is 402 cm³/mol. The van der Waals surface area contributed by atoms with Crippen molar-refractivity contribution in [1.82, 2.24) is 4.40 Å². The Morgan fingerprint density at radius 1 is 0.309 bits per heavy atom. The highest BCUT2D eigenvalue weighted by molar-refractivity contribution is 7.26. The molecule has 94 heavy (non-hydrogen) atoms. The van der Waals surface area contributed by atoms with Crippen LogP contribution in [0.2, 0.25) is 0 Å². The lowest BCUT2D eigenvalue weighted by Crippen LogP contribution is -2.16. The molecule has 0 saturated carbocycles. The topological polar surface area (TPSA) is 24.0 Å². The summed E-state index contributed by atoms with van der Waals surface area (Å²) in [7, 11) is 0. The number of aromatic nitrogens is 1. The van der Waals surface area contributed by atoms with Crippen LogP contribution in [0.4, 0.5) is 34.1 Å². The lowest BCUT2D eigenvalue weighted by Gasteiger charge is -2.28. The molecule has 2 aliphatic carbocycles. The van der Waals surface area contributed by atoms with E-state index in [0.29, 0.717) is 0 Å². The monoisotopic (exact) mass is 1240 g/mol. The van der Waals surface area contributed by atoms with Gasteiger partial charge in [0.15, 0.2) is 0 Å². The number of thiophene rings is 2. The van der Waals surface area contributed by atoms with Crippen molar-refractivity contribution in [2.24, 2.45) is 0 Å². The van der Waals surface area contributed by atoms with E-state index in [1.807, 2.05) is 22.7 Å². The minimum Gasteiger partial charge on any atom is -0.455 e. The van der Waals surface area contributed by atoms with E-state index < -0.39 is 0 Å². The summed E-state index contributed by atoms with van der Waals surface area (Å²) in [4.78, 5) is 5.01. The zero-order valence-corrected chi connectivity index (χ0v) is 53.7. The van der Waals surface area contributed by atoms with Crippen molar-refractivity contribution in [3.05, 3.63) is 295 Å². The molecule has 442 valence electrons. The van der Waals surface area contributed by atoms with Gasteiger partial charge in [0.2, 0.25) is 0 Å². The molecule has 0 unspecified atom stereocenters. The third-order valence-electron chi connectivity index (χ3n) is 21.5. The van der Waals surface area contributed by atoms with Gasteiger partial charge in [-0.1, -0.05) is 198 Å². The Labute approximate surface area is 550 Å². The molecule has 5 heterocycles. The first-order valence-electron chi connectivity index (χ1n) is 32.6. The molecule has 14 aromatic carbocycles. The molecular weight excluding hydrogens is 1180 g/mol. The molecular formula is C88H57N3OS2. The minimum absolute atomic E-state index is 0.169. The number of benzene rings is 14. The molecule has 0 N–H and O–H groups in total. The number of anilines is 6. The summed E-state index contributed by atoms with van der Waals surface area (Å²) in [5, 5.41) is 14.4. The van der Waals surface area contributed by atoms with Gasteiger partial charge in [-0.15, -0.1) is 22.7 Å². The van der Waals surface area contributed by atoms with E-state index >= 15 is 0 Å². The standard InChI is InChI=1S/C88H57N3OS2/c1-87(2)72-26-12-8-20-56(72)58-36-32-52(46-74(58)87)89(76-28-16-24-68-62-22-10-14-30-80(62)93-85(68)76)54-34-38-60-70-44-51(50-18-6-5-7-19-50)45-71-65-41-43-67-64(82(65)91(83(70)71)78(60)48-54)40-42-66-61-39-35-55(49-79(61)92-84(66)67)90(77-29-17-25-69-63-23-11-15-31-81(63)94-86(69)77)53-33-37-59-57-21-9-13-27-73(57)88(3,4)75(59)47-53/h5-49H,1-4H3. The fourth-order valence-electron chi connectivity index (χ4n) is 17.1. The van der Waals surface area contributed by atoms with E-state index in [9.17, 15) is 0 Å². The average molecular weight is 1240 g/mol. The van der Waals surface area contributed by atoms with Gasteiger partial charge in [-0.05, 0) is 153 Å². The third-order valence-corrected chi connectivity index (χ3v) is 23.9. The Morgan fingerprint density at radius 2 is 0.745 bits per heavy atom. The summed E-state index contributed by atoms with van der Waals surface area (Å²) < 4.78 is 15.1. The first kappa shape index (κ1) is 52.6. The average Bonchev–Trinajstić information content (AvgIpc) is 1.52. The second kappa shape index (κ2) is 18.8. The largest absolute Gasteiger partial charge is 0.455 e. The number of furan rings is 1. The van der Waals surface area contributed by atoms with Gasteiger partial charge in [-0.3, -0.25) is 0 Å². The Balaban J connectivity index is 0.789. The van der Waals surface area contributed by atoms with E-state index in [0.717, 1.165) is 66.7 Å². The van der Waals surface area contributed by atoms with Gasteiger partial charge >= 0.3 is 0 Å². The molecule has 4 nitrogen and oxygen atoms in total. The molecule has 0 saturated heterocycles. The zero-order chi connectivity index (χ0) is 62.0. The van der Waals surface area contributed by atoms with E-state index in [4.69, 9.17) is 4.42 Å². The van der Waals surface area contributed by atoms with Crippen molar-refractivity contribution in [3.8, 4) is 33.4 Å². The van der Waals surface area contributed by atoms with Crippen LogP contribution in [-0.2, 0) is 10.8 Å². The highest BCUT2D eigenvalue weighted by Gasteiger charge is 2.38. The predicted octanol–water partition coefficient (Wildman–Crippen LogP) is 25.8. The van der Waals surface area contributed by atoms with Crippen LogP contribution in [-0.4, -0.2) is 4.40 Å². The molecule has 0 aliphatic heterocycles. The van der Waals surface area contributed by atoms with E-state index in [1.54, 1.807) is 0 Å². The van der Waals surface area contributed by atoms with Crippen LogP contribution in [0.25, 0.3) is 145 Å². The van der Waals surface area contributed by atoms with Crippen molar-refractivity contribution >= 4 is 168 Å². The first-order chi connectivity index (χ1) is 46.1. The van der Waals surface area contributed by atoms with Crippen molar-refractivity contribution in [1.29, 1.82) is 0 Å². The summed E-state index contributed by atoms with van der Waals surface area (Å²) in [6.45, 7) is 9.51. The van der Waals surface area contributed by atoms with Crippen molar-refractivity contribution in [2.45, 2.75) is 38.5 Å². The molecule has 6 heteroatoms. The third kappa shape index (κ3) is 7.05. The van der Waals surface area contributed by atoms with Crippen LogP contribution < -0.4 is 9.80 Å². The fraction of sp³-hybridized carbons (Fsp3) is 0.0682.